The Labute approximate surface area is 344 Å². The minimum Gasteiger partial charge on any atom is -0.462 e. The number of ether oxygens (including phenoxy) is 2. The summed E-state index contributed by atoms with van der Waals surface area (Å²) in [5.41, 5.74) is 5.35. The number of nitrogens with two attached hydrogens (primary N) is 1. The van der Waals surface area contributed by atoms with E-state index in [0.29, 0.717) is 6.42 Å². The van der Waals surface area contributed by atoms with Crippen LogP contribution in [0.4, 0.5) is 0 Å². The molecule has 0 aromatic rings. The van der Waals surface area contributed by atoms with E-state index in [1.54, 1.807) is 0 Å². The molecule has 0 aromatic carbocycles. The van der Waals surface area contributed by atoms with Crippen molar-refractivity contribution in [3.63, 3.8) is 0 Å². The summed E-state index contributed by atoms with van der Waals surface area (Å²) < 4.78 is 32.8. The van der Waals surface area contributed by atoms with Crippen LogP contribution in [-0.4, -0.2) is 49.3 Å². The summed E-state index contributed by atoms with van der Waals surface area (Å²) in [4.78, 5) is 34.9. The van der Waals surface area contributed by atoms with Crippen molar-refractivity contribution >= 4 is 19.8 Å². The van der Waals surface area contributed by atoms with E-state index >= 15 is 0 Å². The van der Waals surface area contributed by atoms with Gasteiger partial charge in [0.25, 0.3) is 0 Å². The molecule has 0 aliphatic rings. The second-order valence-corrected chi connectivity index (χ2v) is 16.7. The number of carbonyl (C=O) groups is 2. The Bertz CT molecular complexity index is 1020. The highest BCUT2D eigenvalue weighted by Crippen LogP contribution is 2.43. The highest BCUT2D eigenvalue weighted by Gasteiger charge is 2.26. The molecule has 10 heteroatoms. The van der Waals surface area contributed by atoms with Crippen molar-refractivity contribution in [1.29, 1.82) is 0 Å². The van der Waals surface area contributed by atoms with E-state index in [-0.39, 0.29) is 38.6 Å². The van der Waals surface area contributed by atoms with E-state index < -0.39 is 26.5 Å². The third-order valence-electron chi connectivity index (χ3n) is 9.78. The molecule has 328 valence electrons. The van der Waals surface area contributed by atoms with Crippen LogP contribution in [0.2, 0.25) is 0 Å². The fraction of sp³-hybridized carbons (Fsp3) is 0.826. The molecule has 9 nitrogen and oxygen atoms in total. The number of rotatable bonds is 43. The van der Waals surface area contributed by atoms with Crippen molar-refractivity contribution in [3.05, 3.63) is 36.5 Å². The summed E-state index contributed by atoms with van der Waals surface area (Å²) in [6, 6.07) is 0. The van der Waals surface area contributed by atoms with Gasteiger partial charge in [-0.05, 0) is 51.4 Å². The zero-order valence-corrected chi connectivity index (χ0v) is 37.0. The number of unbranched alkanes of at least 4 members (excludes halogenated alkanes) is 24. The van der Waals surface area contributed by atoms with E-state index in [0.717, 1.165) is 70.6 Å². The summed E-state index contributed by atoms with van der Waals surface area (Å²) in [6.45, 7) is 3.71. The molecule has 0 heterocycles. The quantitative estimate of drug-likeness (QED) is 0.0267. The van der Waals surface area contributed by atoms with Crippen LogP contribution in [0, 0.1) is 0 Å². The van der Waals surface area contributed by atoms with E-state index in [9.17, 15) is 19.0 Å². The molecule has 56 heavy (non-hydrogen) atoms. The predicted octanol–water partition coefficient (Wildman–Crippen LogP) is 13.3. The molecule has 3 N–H and O–H groups in total. The van der Waals surface area contributed by atoms with Gasteiger partial charge in [0, 0.05) is 19.4 Å². The molecule has 2 atom stereocenters. The van der Waals surface area contributed by atoms with Crippen molar-refractivity contribution in [1.82, 2.24) is 0 Å². The van der Waals surface area contributed by atoms with Gasteiger partial charge in [-0.15, -0.1) is 0 Å². The van der Waals surface area contributed by atoms with Gasteiger partial charge in [0.05, 0.1) is 13.2 Å². The fourth-order valence-corrected chi connectivity index (χ4v) is 7.11. The number of phosphoric acid groups is 1. The Morgan fingerprint density at radius 3 is 1.41 bits per heavy atom. The van der Waals surface area contributed by atoms with Gasteiger partial charge < -0.3 is 20.1 Å². The molecular weight excluding hydrogens is 725 g/mol. The average molecular weight is 812 g/mol. The maximum absolute atomic E-state index is 12.6. The molecule has 0 saturated carbocycles. The summed E-state index contributed by atoms with van der Waals surface area (Å²) in [5, 5.41) is 0. The highest BCUT2D eigenvalue weighted by atomic mass is 31.2. The van der Waals surface area contributed by atoms with Crippen LogP contribution in [0.15, 0.2) is 36.5 Å². The van der Waals surface area contributed by atoms with Crippen molar-refractivity contribution in [2.45, 2.75) is 219 Å². The van der Waals surface area contributed by atoms with Crippen molar-refractivity contribution in [2.75, 3.05) is 26.4 Å². The Balaban J connectivity index is 4.13. The first kappa shape index (κ1) is 54.2. The van der Waals surface area contributed by atoms with E-state index in [1.165, 1.54) is 109 Å². The summed E-state index contributed by atoms with van der Waals surface area (Å²) >= 11 is 0. The lowest BCUT2D eigenvalue weighted by atomic mass is 10.0. The van der Waals surface area contributed by atoms with Crippen LogP contribution >= 0.6 is 7.82 Å². The second kappa shape index (κ2) is 42.8. The lowest BCUT2D eigenvalue weighted by Gasteiger charge is -2.19. The number of hydrogen-bond donors (Lipinski definition) is 2. The minimum absolute atomic E-state index is 0.0515. The Morgan fingerprint density at radius 2 is 0.929 bits per heavy atom. The molecule has 0 rings (SSSR count). The molecule has 0 bridgehead atoms. The van der Waals surface area contributed by atoms with Gasteiger partial charge in [-0.3, -0.25) is 18.6 Å². The average Bonchev–Trinajstić information content (AvgIpc) is 3.18. The predicted molar refractivity (Wildman–Crippen MR) is 234 cm³/mol. The van der Waals surface area contributed by atoms with E-state index in [1.807, 2.05) is 0 Å². The maximum Gasteiger partial charge on any atom is 0.472 e. The first-order valence-corrected chi connectivity index (χ1v) is 24.5. The third kappa shape index (κ3) is 41.9. The van der Waals surface area contributed by atoms with Crippen LogP contribution in [0.3, 0.4) is 0 Å². The molecule has 2 unspecified atom stereocenters. The largest absolute Gasteiger partial charge is 0.472 e. The fourth-order valence-electron chi connectivity index (χ4n) is 6.35. The molecule has 0 aliphatic heterocycles. The molecule has 0 amide bonds. The van der Waals surface area contributed by atoms with Gasteiger partial charge in [0.1, 0.15) is 6.61 Å². The summed E-state index contributed by atoms with van der Waals surface area (Å²) in [6.07, 6.45) is 47.4. The van der Waals surface area contributed by atoms with Gasteiger partial charge in [0.2, 0.25) is 0 Å². The normalized spacial score (nSPS) is 13.6. The van der Waals surface area contributed by atoms with Crippen LogP contribution in [0.5, 0.6) is 0 Å². The first-order chi connectivity index (χ1) is 27.3. The zero-order chi connectivity index (χ0) is 41.1. The lowest BCUT2D eigenvalue weighted by Crippen LogP contribution is -2.29. The summed E-state index contributed by atoms with van der Waals surface area (Å²) in [7, 11) is -4.38. The maximum atomic E-state index is 12.6. The zero-order valence-electron chi connectivity index (χ0n) is 36.1. The number of esters is 2. The molecular formula is C46H86NO8P. The Hall–Kier alpha value is -1.77. The number of carbonyl (C=O) groups excluding carboxylic acids is 2. The van der Waals surface area contributed by atoms with Gasteiger partial charge in [-0.2, -0.15) is 0 Å². The number of phosphoric ester groups is 1. The van der Waals surface area contributed by atoms with Gasteiger partial charge in [-0.1, -0.05) is 185 Å². The van der Waals surface area contributed by atoms with Crippen LogP contribution in [0.1, 0.15) is 213 Å². The molecule has 0 radical (unpaired) electrons. The SMILES string of the molecule is CCCCC/C=C\C/C=C\C/C=C\CCCCCCCCC(=O)OC(COC(=O)CCCCCCCCCCCCCCCCCC)COP(=O)(O)OCCN. The van der Waals surface area contributed by atoms with Crippen LogP contribution in [0.25, 0.3) is 0 Å². The Morgan fingerprint density at radius 1 is 0.536 bits per heavy atom. The topological polar surface area (TPSA) is 134 Å². The van der Waals surface area contributed by atoms with Crippen molar-refractivity contribution < 1.29 is 37.6 Å². The molecule has 0 saturated heterocycles. The van der Waals surface area contributed by atoms with Gasteiger partial charge in [-0.25, -0.2) is 4.57 Å². The van der Waals surface area contributed by atoms with E-state index in [2.05, 4.69) is 50.3 Å². The summed E-state index contributed by atoms with van der Waals surface area (Å²) in [5.74, 6) is -0.836. The molecule has 0 spiro atoms. The van der Waals surface area contributed by atoms with Gasteiger partial charge >= 0.3 is 19.8 Å². The minimum atomic E-state index is -4.38. The van der Waals surface area contributed by atoms with E-state index in [4.69, 9.17) is 24.3 Å². The van der Waals surface area contributed by atoms with Crippen LogP contribution < -0.4 is 5.73 Å². The molecule has 0 fully saturated rings. The smallest absolute Gasteiger partial charge is 0.462 e. The Kier molecular flexibility index (Phi) is 41.5. The van der Waals surface area contributed by atoms with Crippen molar-refractivity contribution in [3.8, 4) is 0 Å². The first-order valence-electron chi connectivity index (χ1n) is 23.0. The van der Waals surface area contributed by atoms with Crippen molar-refractivity contribution in [2.24, 2.45) is 5.73 Å². The number of allylic oxidation sites excluding steroid dienone is 6. The van der Waals surface area contributed by atoms with Gasteiger partial charge in [0.15, 0.2) is 6.10 Å². The molecule has 0 aromatic heterocycles. The molecule has 0 aliphatic carbocycles. The highest BCUT2D eigenvalue weighted by molar-refractivity contribution is 7.47. The lowest BCUT2D eigenvalue weighted by molar-refractivity contribution is -0.161. The third-order valence-corrected chi connectivity index (χ3v) is 10.8. The monoisotopic (exact) mass is 812 g/mol. The van der Waals surface area contributed by atoms with Crippen LogP contribution in [-0.2, 0) is 32.7 Å². The second-order valence-electron chi connectivity index (χ2n) is 15.3. The standard InChI is InChI=1S/C46H86NO8P/c1-3-5-7-9-11-13-15-17-19-21-22-23-25-27-29-31-33-35-37-39-46(49)55-44(43-54-56(50,51)53-41-40-47)42-52-45(48)38-36-34-32-30-28-26-24-20-18-16-14-12-10-8-6-4-2/h11,13,17,19,22-23,44H,3-10,12,14-16,18,20-21,24-43,47H2,1-2H3,(H,50,51)/b13-11-,19-17-,23-22-. The number of hydrogen-bond acceptors (Lipinski definition) is 8.